The van der Waals surface area contributed by atoms with Crippen LogP contribution in [0.3, 0.4) is 0 Å². The van der Waals surface area contributed by atoms with Crippen LogP contribution in [0.4, 0.5) is 0 Å². The first-order valence-electron chi connectivity index (χ1n) is 6.49. The summed E-state index contributed by atoms with van der Waals surface area (Å²) in [5.41, 5.74) is 2.79. The maximum absolute atomic E-state index is 12.1. The highest BCUT2D eigenvalue weighted by atomic mass is 16.1. The summed E-state index contributed by atoms with van der Waals surface area (Å²) < 4.78 is 0. The Morgan fingerprint density at radius 3 is 2.53 bits per heavy atom. The average Bonchev–Trinajstić information content (AvgIpc) is 2.46. The molecule has 19 heavy (non-hydrogen) atoms. The fourth-order valence-electron chi connectivity index (χ4n) is 1.95. The minimum Gasteiger partial charge on any atom is -0.344 e. The van der Waals surface area contributed by atoms with E-state index in [0.29, 0.717) is 5.69 Å². The van der Waals surface area contributed by atoms with Crippen molar-refractivity contribution in [3.8, 4) is 0 Å². The van der Waals surface area contributed by atoms with Gasteiger partial charge in [0.1, 0.15) is 5.69 Å². The topological polar surface area (TPSA) is 42.0 Å². The van der Waals surface area contributed by atoms with Crippen LogP contribution in [0, 0.1) is 6.92 Å². The second-order valence-electron chi connectivity index (χ2n) is 4.56. The molecule has 1 aromatic heterocycles. The highest BCUT2D eigenvalue weighted by molar-refractivity contribution is 5.92. The lowest BCUT2D eigenvalue weighted by Crippen LogP contribution is -2.28. The largest absolute Gasteiger partial charge is 0.344 e. The van der Waals surface area contributed by atoms with Gasteiger partial charge >= 0.3 is 0 Å². The monoisotopic (exact) mass is 254 g/mol. The lowest BCUT2D eigenvalue weighted by molar-refractivity contribution is 0.0930. The fraction of sp³-hybridized carbons (Fsp3) is 0.250. The van der Waals surface area contributed by atoms with Crippen molar-refractivity contribution in [1.82, 2.24) is 10.3 Å². The molecule has 1 atom stereocenters. The van der Waals surface area contributed by atoms with Gasteiger partial charge in [-0.15, -0.1) is 0 Å². The van der Waals surface area contributed by atoms with E-state index in [1.165, 1.54) is 5.56 Å². The van der Waals surface area contributed by atoms with Gasteiger partial charge in [-0.25, -0.2) is 0 Å². The highest BCUT2D eigenvalue weighted by Gasteiger charge is 2.14. The third-order valence-electron chi connectivity index (χ3n) is 3.09. The Hall–Kier alpha value is -2.16. The number of carbonyl (C=O) groups is 1. The van der Waals surface area contributed by atoms with Crippen LogP contribution in [-0.4, -0.2) is 10.9 Å². The molecule has 3 nitrogen and oxygen atoms in total. The smallest absolute Gasteiger partial charge is 0.270 e. The van der Waals surface area contributed by atoms with Crippen molar-refractivity contribution in [2.24, 2.45) is 0 Å². The molecule has 98 valence electrons. The minimum atomic E-state index is -0.131. The number of carbonyl (C=O) groups excluding carboxylic acids is 1. The molecule has 3 heteroatoms. The zero-order valence-electron chi connectivity index (χ0n) is 11.3. The predicted octanol–water partition coefficient (Wildman–Crippen LogP) is 3.27. The first-order chi connectivity index (χ1) is 9.20. The standard InChI is InChI=1S/C16H18N2O/c1-3-14(13-9-7-12(2)8-10-13)18-16(19)15-6-4-5-11-17-15/h4-11,14H,3H2,1-2H3,(H,18,19). The van der Waals surface area contributed by atoms with Crippen LogP contribution in [0.25, 0.3) is 0 Å². The maximum Gasteiger partial charge on any atom is 0.270 e. The van der Waals surface area contributed by atoms with Crippen molar-refractivity contribution in [2.75, 3.05) is 0 Å². The van der Waals surface area contributed by atoms with E-state index in [1.54, 1.807) is 18.3 Å². The lowest BCUT2D eigenvalue weighted by atomic mass is 10.0. The summed E-state index contributed by atoms with van der Waals surface area (Å²) in [4.78, 5) is 16.1. The summed E-state index contributed by atoms with van der Waals surface area (Å²) in [6, 6.07) is 13.6. The molecule has 0 saturated heterocycles. The van der Waals surface area contributed by atoms with Gasteiger partial charge in [-0.3, -0.25) is 9.78 Å². The van der Waals surface area contributed by atoms with Crippen LogP contribution in [0.2, 0.25) is 0 Å². The molecule has 2 rings (SSSR count). The molecule has 1 aromatic carbocycles. The van der Waals surface area contributed by atoms with Crippen molar-refractivity contribution in [1.29, 1.82) is 0 Å². The van der Waals surface area contributed by atoms with Gasteiger partial charge in [0.2, 0.25) is 0 Å². The van der Waals surface area contributed by atoms with E-state index in [-0.39, 0.29) is 11.9 Å². The van der Waals surface area contributed by atoms with Gasteiger partial charge in [0.25, 0.3) is 5.91 Å². The third-order valence-corrected chi connectivity index (χ3v) is 3.09. The van der Waals surface area contributed by atoms with Gasteiger partial charge in [0.15, 0.2) is 0 Å². The van der Waals surface area contributed by atoms with Crippen LogP contribution in [0.5, 0.6) is 0 Å². The molecular formula is C16H18N2O. The van der Waals surface area contributed by atoms with Crippen LogP contribution in [-0.2, 0) is 0 Å². The third kappa shape index (κ3) is 3.41. The predicted molar refractivity (Wildman–Crippen MR) is 75.9 cm³/mol. The number of aryl methyl sites for hydroxylation is 1. The molecule has 0 bridgehead atoms. The van der Waals surface area contributed by atoms with E-state index in [0.717, 1.165) is 12.0 Å². The van der Waals surface area contributed by atoms with Gasteiger partial charge in [-0.05, 0) is 31.0 Å². The number of pyridine rings is 1. The Bertz CT molecular complexity index is 534. The van der Waals surface area contributed by atoms with E-state index >= 15 is 0 Å². The highest BCUT2D eigenvalue weighted by Crippen LogP contribution is 2.17. The number of hydrogen-bond acceptors (Lipinski definition) is 2. The molecule has 0 saturated carbocycles. The van der Waals surface area contributed by atoms with Crippen LogP contribution in [0.1, 0.15) is 41.0 Å². The Morgan fingerprint density at radius 2 is 1.95 bits per heavy atom. The number of hydrogen-bond donors (Lipinski definition) is 1. The second kappa shape index (κ2) is 6.14. The second-order valence-corrected chi connectivity index (χ2v) is 4.56. The van der Waals surface area contributed by atoms with Gasteiger partial charge in [0.05, 0.1) is 6.04 Å². The lowest BCUT2D eigenvalue weighted by Gasteiger charge is -2.17. The van der Waals surface area contributed by atoms with Crippen molar-refractivity contribution in [2.45, 2.75) is 26.3 Å². The number of amides is 1. The normalized spacial score (nSPS) is 11.9. The molecule has 0 spiro atoms. The summed E-state index contributed by atoms with van der Waals surface area (Å²) in [6.45, 7) is 4.11. The Morgan fingerprint density at radius 1 is 1.21 bits per heavy atom. The van der Waals surface area contributed by atoms with E-state index in [1.807, 2.05) is 6.07 Å². The Balaban J connectivity index is 2.11. The number of nitrogens with zero attached hydrogens (tertiary/aromatic N) is 1. The molecule has 0 aliphatic heterocycles. The zero-order valence-corrected chi connectivity index (χ0v) is 11.3. The molecular weight excluding hydrogens is 236 g/mol. The number of aromatic nitrogens is 1. The first-order valence-corrected chi connectivity index (χ1v) is 6.49. The van der Waals surface area contributed by atoms with E-state index in [9.17, 15) is 4.79 Å². The molecule has 1 heterocycles. The SMILES string of the molecule is CCC(NC(=O)c1ccccn1)c1ccc(C)cc1. The van der Waals surface area contributed by atoms with Crippen molar-refractivity contribution >= 4 is 5.91 Å². The van der Waals surface area contributed by atoms with E-state index in [4.69, 9.17) is 0 Å². The average molecular weight is 254 g/mol. The van der Waals surface area contributed by atoms with Crippen molar-refractivity contribution in [3.63, 3.8) is 0 Å². The van der Waals surface area contributed by atoms with Gasteiger partial charge in [-0.1, -0.05) is 42.8 Å². The quantitative estimate of drug-likeness (QED) is 0.909. The molecule has 1 unspecified atom stereocenters. The molecule has 0 radical (unpaired) electrons. The number of nitrogens with one attached hydrogen (secondary N) is 1. The van der Waals surface area contributed by atoms with Gasteiger partial charge < -0.3 is 5.32 Å². The van der Waals surface area contributed by atoms with Crippen molar-refractivity contribution in [3.05, 3.63) is 65.5 Å². The maximum atomic E-state index is 12.1. The fourth-order valence-corrected chi connectivity index (χ4v) is 1.95. The van der Waals surface area contributed by atoms with Gasteiger partial charge in [0, 0.05) is 6.20 Å². The molecule has 1 amide bonds. The Kier molecular flexibility index (Phi) is 4.29. The van der Waals surface area contributed by atoms with E-state index in [2.05, 4.69) is 48.4 Å². The molecule has 0 fully saturated rings. The minimum absolute atomic E-state index is 0.0232. The number of rotatable bonds is 4. The molecule has 1 N–H and O–H groups in total. The summed E-state index contributed by atoms with van der Waals surface area (Å²) >= 11 is 0. The summed E-state index contributed by atoms with van der Waals surface area (Å²) in [5.74, 6) is -0.131. The van der Waals surface area contributed by atoms with Crippen LogP contribution >= 0.6 is 0 Å². The molecule has 0 aliphatic carbocycles. The van der Waals surface area contributed by atoms with E-state index < -0.39 is 0 Å². The van der Waals surface area contributed by atoms with Crippen LogP contribution < -0.4 is 5.32 Å². The van der Waals surface area contributed by atoms with Gasteiger partial charge in [-0.2, -0.15) is 0 Å². The molecule has 0 aliphatic rings. The summed E-state index contributed by atoms with van der Waals surface area (Å²) in [5, 5.41) is 3.02. The van der Waals surface area contributed by atoms with Crippen molar-refractivity contribution < 1.29 is 4.79 Å². The zero-order chi connectivity index (χ0) is 13.7. The summed E-state index contributed by atoms with van der Waals surface area (Å²) in [6.07, 6.45) is 2.48. The summed E-state index contributed by atoms with van der Waals surface area (Å²) in [7, 11) is 0. The molecule has 2 aromatic rings. The first kappa shape index (κ1) is 13.3. The Labute approximate surface area is 113 Å². The van der Waals surface area contributed by atoms with Crippen LogP contribution in [0.15, 0.2) is 48.7 Å². The number of benzene rings is 1.